The number of phenolic OH excluding ortho intramolecular Hbond substituents is 1. The van der Waals surface area contributed by atoms with Crippen molar-refractivity contribution in [2.24, 2.45) is 10.2 Å². The standard InChI is InChI=1S/C18H16N2O7S2.Na/c1-10-3-6-15(11(2)7-10)19-20-17-14-5-4-13(28(22,23)24)8-12(14)9-16(18(17)21)29(25,26)27;/h3-9,21H,1-2H3,(H,22,23,24)(H,25,26,27);. The Labute approximate surface area is 195 Å². The summed E-state index contributed by atoms with van der Waals surface area (Å²) in [4.78, 5) is -1.36. The molecule has 0 aliphatic rings. The van der Waals surface area contributed by atoms with Crippen molar-refractivity contribution in [1.82, 2.24) is 0 Å². The van der Waals surface area contributed by atoms with Gasteiger partial charge < -0.3 is 5.11 Å². The van der Waals surface area contributed by atoms with Gasteiger partial charge in [0.15, 0.2) is 5.75 Å². The monoisotopic (exact) mass is 459 g/mol. The Hall–Kier alpha value is -1.86. The van der Waals surface area contributed by atoms with Crippen molar-refractivity contribution in [3.63, 3.8) is 0 Å². The molecule has 0 heterocycles. The zero-order chi connectivity index (χ0) is 21.6. The van der Waals surface area contributed by atoms with Gasteiger partial charge in [0, 0.05) is 34.9 Å². The molecule has 0 aromatic heterocycles. The number of phenols is 1. The minimum absolute atomic E-state index is 0. The molecular formula is C18H16N2NaO7S2. The van der Waals surface area contributed by atoms with E-state index in [1.54, 1.807) is 19.1 Å². The van der Waals surface area contributed by atoms with Gasteiger partial charge in [-0.15, -0.1) is 5.11 Å². The van der Waals surface area contributed by atoms with Gasteiger partial charge in [-0.1, -0.05) is 23.8 Å². The van der Waals surface area contributed by atoms with Crippen LogP contribution in [0.4, 0.5) is 11.4 Å². The quantitative estimate of drug-likeness (QED) is 0.305. The Morgan fingerprint density at radius 1 is 0.833 bits per heavy atom. The zero-order valence-corrected chi connectivity index (χ0v) is 19.9. The number of azo groups is 1. The number of hydrogen-bond donors (Lipinski definition) is 3. The van der Waals surface area contributed by atoms with Crippen molar-refractivity contribution in [3.05, 3.63) is 53.6 Å². The third kappa shape index (κ3) is 5.06. The summed E-state index contributed by atoms with van der Waals surface area (Å²) in [6.07, 6.45) is 0. The summed E-state index contributed by atoms with van der Waals surface area (Å²) in [6.45, 7) is 3.70. The first-order valence-electron chi connectivity index (χ1n) is 8.11. The molecule has 153 valence electrons. The normalized spacial score (nSPS) is 12.3. The molecule has 0 amide bonds. The summed E-state index contributed by atoms with van der Waals surface area (Å²) in [7, 11) is -9.42. The topological polar surface area (TPSA) is 154 Å². The maximum Gasteiger partial charge on any atom is 0.298 e. The summed E-state index contributed by atoms with van der Waals surface area (Å²) < 4.78 is 64.7. The fourth-order valence-electron chi connectivity index (χ4n) is 2.81. The van der Waals surface area contributed by atoms with E-state index in [0.717, 1.165) is 29.3 Å². The predicted molar refractivity (Wildman–Crippen MR) is 111 cm³/mol. The van der Waals surface area contributed by atoms with Gasteiger partial charge in [-0.05, 0) is 49.1 Å². The van der Waals surface area contributed by atoms with E-state index in [0.29, 0.717) is 5.69 Å². The molecule has 1 radical (unpaired) electrons. The van der Waals surface area contributed by atoms with Crippen molar-refractivity contribution in [1.29, 1.82) is 0 Å². The fourth-order valence-corrected chi connectivity index (χ4v) is 3.94. The van der Waals surface area contributed by atoms with Crippen molar-refractivity contribution < 1.29 is 31.0 Å². The van der Waals surface area contributed by atoms with Crippen LogP contribution in [0.15, 0.2) is 62.5 Å². The number of hydrogen-bond acceptors (Lipinski definition) is 7. The third-order valence-electron chi connectivity index (χ3n) is 4.21. The van der Waals surface area contributed by atoms with E-state index < -0.39 is 35.8 Å². The summed E-state index contributed by atoms with van der Waals surface area (Å²) in [5.41, 5.74) is 1.98. The molecule has 3 aromatic carbocycles. The van der Waals surface area contributed by atoms with E-state index in [-0.39, 0.29) is 46.0 Å². The molecule has 0 unspecified atom stereocenters. The van der Waals surface area contributed by atoms with Gasteiger partial charge in [0.05, 0.1) is 10.6 Å². The van der Waals surface area contributed by atoms with Gasteiger partial charge in [-0.25, -0.2) is 0 Å². The van der Waals surface area contributed by atoms with Crippen LogP contribution in [0.3, 0.4) is 0 Å². The van der Waals surface area contributed by atoms with Crippen LogP contribution in [0.25, 0.3) is 10.8 Å². The number of nitrogens with zero attached hydrogens (tertiary/aromatic N) is 2. The Morgan fingerprint density at radius 3 is 2.07 bits per heavy atom. The molecular weight excluding hydrogens is 443 g/mol. The van der Waals surface area contributed by atoms with E-state index >= 15 is 0 Å². The molecule has 0 atom stereocenters. The van der Waals surface area contributed by atoms with E-state index in [9.17, 15) is 31.0 Å². The Balaban J connectivity index is 0.00000320. The number of fused-ring (bicyclic) bond motifs is 1. The summed E-state index contributed by atoms with van der Waals surface area (Å²) in [5.74, 6) is -0.840. The van der Waals surface area contributed by atoms with Crippen LogP contribution in [0.5, 0.6) is 5.75 Å². The molecule has 3 N–H and O–H groups in total. The third-order valence-corrected chi connectivity index (χ3v) is 5.92. The van der Waals surface area contributed by atoms with Gasteiger partial charge in [0.1, 0.15) is 10.6 Å². The molecule has 3 rings (SSSR count). The van der Waals surface area contributed by atoms with Crippen LogP contribution in [0, 0.1) is 13.8 Å². The molecule has 0 saturated carbocycles. The minimum Gasteiger partial charge on any atom is -0.504 e. The first-order valence-corrected chi connectivity index (χ1v) is 11.0. The number of rotatable bonds is 4. The van der Waals surface area contributed by atoms with Crippen LogP contribution in [-0.4, -0.2) is 60.6 Å². The summed E-state index contributed by atoms with van der Waals surface area (Å²) in [5, 5.41) is 18.5. The Bertz CT molecular complexity index is 1390. The molecule has 12 heteroatoms. The SMILES string of the molecule is Cc1ccc(N=Nc2c(O)c(S(=O)(=O)O)cc3cc(S(=O)(=O)O)ccc23)c(C)c1.[Na]. The van der Waals surface area contributed by atoms with Crippen molar-refractivity contribution >= 4 is 71.9 Å². The predicted octanol–water partition coefficient (Wildman–Crippen LogP) is 3.69. The van der Waals surface area contributed by atoms with Gasteiger partial charge in [0.2, 0.25) is 0 Å². The molecule has 0 fully saturated rings. The summed E-state index contributed by atoms with van der Waals surface area (Å²) in [6, 6.07) is 9.53. The second-order valence-electron chi connectivity index (χ2n) is 6.39. The average molecular weight is 459 g/mol. The molecule has 30 heavy (non-hydrogen) atoms. The first kappa shape index (κ1) is 24.4. The number of benzene rings is 3. The first-order chi connectivity index (χ1) is 13.4. The van der Waals surface area contributed by atoms with Crippen LogP contribution < -0.4 is 0 Å². The van der Waals surface area contributed by atoms with Crippen molar-refractivity contribution in [2.75, 3.05) is 0 Å². The largest absolute Gasteiger partial charge is 0.504 e. The smallest absolute Gasteiger partial charge is 0.298 e. The number of aromatic hydroxyl groups is 1. The minimum atomic E-state index is -4.86. The average Bonchev–Trinajstić information content (AvgIpc) is 2.59. The maximum atomic E-state index is 11.7. The van der Waals surface area contributed by atoms with E-state index in [4.69, 9.17) is 0 Å². The second kappa shape index (κ2) is 8.71. The van der Waals surface area contributed by atoms with Crippen molar-refractivity contribution in [3.8, 4) is 5.75 Å². The van der Waals surface area contributed by atoms with Gasteiger partial charge >= 0.3 is 0 Å². The zero-order valence-electron chi connectivity index (χ0n) is 16.2. The summed E-state index contributed by atoms with van der Waals surface area (Å²) >= 11 is 0. The molecule has 0 aliphatic carbocycles. The molecule has 3 aromatic rings. The van der Waals surface area contributed by atoms with Crippen molar-refractivity contribution in [2.45, 2.75) is 23.6 Å². The molecule has 0 spiro atoms. The number of aryl methyl sites for hydroxylation is 2. The Morgan fingerprint density at radius 2 is 1.50 bits per heavy atom. The maximum absolute atomic E-state index is 11.7. The van der Waals surface area contributed by atoms with E-state index in [1.807, 2.05) is 13.0 Å². The van der Waals surface area contributed by atoms with Crippen LogP contribution in [0.1, 0.15) is 11.1 Å². The van der Waals surface area contributed by atoms with Gasteiger partial charge in [-0.3, -0.25) is 9.11 Å². The fraction of sp³-hybridized carbons (Fsp3) is 0.111. The molecule has 0 bridgehead atoms. The van der Waals surface area contributed by atoms with Crippen LogP contribution in [0.2, 0.25) is 0 Å². The molecule has 9 nitrogen and oxygen atoms in total. The molecule has 0 saturated heterocycles. The molecule has 0 aliphatic heterocycles. The van der Waals surface area contributed by atoms with Gasteiger partial charge in [0.25, 0.3) is 20.2 Å². The van der Waals surface area contributed by atoms with Gasteiger partial charge in [-0.2, -0.15) is 21.9 Å². The van der Waals surface area contributed by atoms with E-state index in [2.05, 4.69) is 10.2 Å². The van der Waals surface area contributed by atoms with E-state index in [1.165, 1.54) is 6.07 Å². The second-order valence-corrected chi connectivity index (χ2v) is 9.21. The Kier molecular flexibility index (Phi) is 7.09. The van der Waals surface area contributed by atoms with Crippen LogP contribution >= 0.6 is 0 Å². The van der Waals surface area contributed by atoms with Crippen LogP contribution in [-0.2, 0) is 20.2 Å².